The van der Waals surface area contributed by atoms with Crippen LogP contribution in [0.3, 0.4) is 0 Å². The van der Waals surface area contributed by atoms with E-state index >= 15 is 0 Å². The molecule has 0 spiro atoms. The lowest BCUT2D eigenvalue weighted by Gasteiger charge is -2.12. The van der Waals surface area contributed by atoms with Crippen LogP contribution in [-0.2, 0) is 0 Å². The highest BCUT2D eigenvalue weighted by atomic mass is 79.9. The maximum Gasteiger partial charge on any atom is 0.323 e. The van der Waals surface area contributed by atoms with Gasteiger partial charge in [-0.3, -0.25) is 4.79 Å². The standard InChI is InChI=1S/C16H15BrClN3O2/c1-2-19-15(22)13-7-6-11(18)9-14(13)21-16(23)20-12-5-3-4-10(17)8-12/h3-9H,2H2,1H3,(H,19,22)(H2,20,21,23). The molecule has 2 aromatic rings. The third-order valence-corrected chi connectivity index (χ3v) is 3.62. The second kappa shape index (κ2) is 7.99. The first-order valence-corrected chi connectivity index (χ1v) is 8.08. The third-order valence-electron chi connectivity index (χ3n) is 2.89. The number of carbonyl (C=O) groups excluding carboxylic acids is 2. The normalized spacial score (nSPS) is 10.0. The number of benzene rings is 2. The van der Waals surface area contributed by atoms with E-state index < -0.39 is 6.03 Å². The van der Waals surface area contributed by atoms with Crippen LogP contribution in [0.5, 0.6) is 0 Å². The van der Waals surface area contributed by atoms with Crippen LogP contribution in [0.15, 0.2) is 46.9 Å². The van der Waals surface area contributed by atoms with Crippen LogP contribution >= 0.6 is 27.5 Å². The summed E-state index contributed by atoms with van der Waals surface area (Å²) in [5.41, 5.74) is 1.31. The molecule has 3 amide bonds. The SMILES string of the molecule is CCNC(=O)c1ccc(Cl)cc1NC(=O)Nc1cccc(Br)c1. The van der Waals surface area contributed by atoms with Crippen molar-refractivity contribution in [1.82, 2.24) is 5.32 Å². The molecule has 3 N–H and O–H groups in total. The van der Waals surface area contributed by atoms with Gasteiger partial charge in [-0.1, -0.05) is 33.6 Å². The smallest absolute Gasteiger partial charge is 0.323 e. The van der Waals surface area contributed by atoms with Crippen molar-refractivity contribution < 1.29 is 9.59 Å². The summed E-state index contributed by atoms with van der Waals surface area (Å²) in [6, 6.07) is 11.4. The fourth-order valence-corrected chi connectivity index (χ4v) is 2.50. The molecule has 0 unspecified atom stereocenters. The van der Waals surface area contributed by atoms with Gasteiger partial charge in [0, 0.05) is 21.7 Å². The Morgan fingerprint density at radius 3 is 2.61 bits per heavy atom. The topological polar surface area (TPSA) is 70.2 Å². The molecule has 2 rings (SSSR count). The fraction of sp³-hybridized carbons (Fsp3) is 0.125. The van der Waals surface area contributed by atoms with Crippen molar-refractivity contribution in [1.29, 1.82) is 0 Å². The lowest BCUT2D eigenvalue weighted by Crippen LogP contribution is -2.26. The molecular weight excluding hydrogens is 382 g/mol. The first-order valence-electron chi connectivity index (χ1n) is 6.91. The molecule has 0 saturated heterocycles. The Hall–Kier alpha value is -2.05. The quantitative estimate of drug-likeness (QED) is 0.712. The predicted molar refractivity (Wildman–Crippen MR) is 96.2 cm³/mol. The van der Waals surface area contributed by atoms with E-state index in [1.165, 1.54) is 6.07 Å². The molecule has 23 heavy (non-hydrogen) atoms. The van der Waals surface area contributed by atoms with Gasteiger partial charge in [-0.15, -0.1) is 0 Å². The molecule has 0 aliphatic heterocycles. The van der Waals surface area contributed by atoms with E-state index in [1.807, 2.05) is 13.0 Å². The number of rotatable bonds is 4. The first-order chi connectivity index (χ1) is 11.0. The van der Waals surface area contributed by atoms with Crippen molar-refractivity contribution in [2.45, 2.75) is 6.92 Å². The Labute approximate surface area is 147 Å². The number of hydrogen-bond donors (Lipinski definition) is 3. The van der Waals surface area contributed by atoms with Gasteiger partial charge in [0.1, 0.15) is 0 Å². The zero-order valence-electron chi connectivity index (χ0n) is 12.3. The molecule has 7 heteroatoms. The van der Waals surface area contributed by atoms with Crippen molar-refractivity contribution >= 4 is 50.8 Å². The van der Waals surface area contributed by atoms with Crippen LogP contribution in [0.1, 0.15) is 17.3 Å². The van der Waals surface area contributed by atoms with Crippen molar-refractivity contribution in [2.75, 3.05) is 17.2 Å². The Kier molecular flexibility index (Phi) is 6.01. The molecule has 0 aliphatic carbocycles. The summed E-state index contributed by atoms with van der Waals surface area (Å²) in [6.45, 7) is 2.31. The summed E-state index contributed by atoms with van der Waals surface area (Å²) >= 11 is 9.29. The highest BCUT2D eigenvalue weighted by Crippen LogP contribution is 2.22. The van der Waals surface area contributed by atoms with Gasteiger partial charge < -0.3 is 16.0 Å². The number of amides is 3. The molecule has 0 atom stereocenters. The van der Waals surface area contributed by atoms with Gasteiger partial charge in [0.2, 0.25) is 0 Å². The molecule has 0 aromatic heterocycles. The summed E-state index contributed by atoms with van der Waals surface area (Å²) in [4.78, 5) is 24.2. The number of anilines is 2. The van der Waals surface area contributed by atoms with Gasteiger partial charge in [0.15, 0.2) is 0 Å². The van der Waals surface area contributed by atoms with E-state index in [2.05, 4.69) is 31.9 Å². The Balaban J connectivity index is 2.16. The summed E-state index contributed by atoms with van der Waals surface area (Å²) in [5, 5.41) is 8.46. The Morgan fingerprint density at radius 1 is 1.13 bits per heavy atom. The van der Waals surface area contributed by atoms with E-state index in [0.717, 1.165) is 4.47 Å². The second-order valence-electron chi connectivity index (χ2n) is 4.64. The molecular formula is C16H15BrClN3O2. The summed E-state index contributed by atoms with van der Waals surface area (Å²) < 4.78 is 0.848. The highest BCUT2D eigenvalue weighted by Gasteiger charge is 2.13. The van der Waals surface area contributed by atoms with E-state index in [1.54, 1.807) is 30.3 Å². The lowest BCUT2D eigenvalue weighted by molar-refractivity contribution is 0.0956. The first kappa shape index (κ1) is 17.3. The molecule has 0 radical (unpaired) electrons. The average molecular weight is 397 g/mol. The number of carbonyl (C=O) groups is 2. The van der Waals surface area contributed by atoms with Crippen LogP contribution < -0.4 is 16.0 Å². The average Bonchev–Trinajstić information content (AvgIpc) is 2.47. The van der Waals surface area contributed by atoms with Gasteiger partial charge in [0.25, 0.3) is 5.91 Å². The molecule has 0 saturated carbocycles. The van der Waals surface area contributed by atoms with Crippen LogP contribution in [-0.4, -0.2) is 18.5 Å². The molecule has 0 aliphatic rings. The number of nitrogens with one attached hydrogen (secondary N) is 3. The van der Waals surface area contributed by atoms with Crippen LogP contribution in [0, 0.1) is 0 Å². The lowest BCUT2D eigenvalue weighted by atomic mass is 10.1. The van der Waals surface area contributed by atoms with Gasteiger partial charge in [-0.2, -0.15) is 0 Å². The second-order valence-corrected chi connectivity index (χ2v) is 5.99. The molecule has 0 bridgehead atoms. The van der Waals surface area contributed by atoms with Gasteiger partial charge in [0.05, 0.1) is 11.3 Å². The van der Waals surface area contributed by atoms with E-state index in [-0.39, 0.29) is 5.91 Å². The van der Waals surface area contributed by atoms with Crippen molar-refractivity contribution in [3.8, 4) is 0 Å². The van der Waals surface area contributed by atoms with Crippen LogP contribution in [0.2, 0.25) is 5.02 Å². The Morgan fingerprint density at radius 2 is 1.91 bits per heavy atom. The van der Waals surface area contributed by atoms with Crippen molar-refractivity contribution in [2.24, 2.45) is 0 Å². The summed E-state index contributed by atoms with van der Waals surface area (Å²) in [7, 11) is 0. The maximum absolute atomic E-state index is 12.1. The molecule has 120 valence electrons. The van der Waals surface area contributed by atoms with Crippen LogP contribution in [0.4, 0.5) is 16.2 Å². The fourth-order valence-electron chi connectivity index (χ4n) is 1.92. The third kappa shape index (κ3) is 4.97. The van der Waals surface area contributed by atoms with Crippen molar-refractivity contribution in [3.05, 3.63) is 57.5 Å². The minimum atomic E-state index is -0.462. The van der Waals surface area contributed by atoms with Gasteiger partial charge in [-0.05, 0) is 43.3 Å². The molecule has 5 nitrogen and oxygen atoms in total. The molecule has 2 aromatic carbocycles. The molecule has 0 fully saturated rings. The van der Waals surface area contributed by atoms with E-state index in [4.69, 9.17) is 11.6 Å². The summed E-state index contributed by atoms with van der Waals surface area (Å²) in [6.07, 6.45) is 0. The van der Waals surface area contributed by atoms with E-state index in [0.29, 0.717) is 28.5 Å². The Bertz CT molecular complexity index is 737. The van der Waals surface area contributed by atoms with Gasteiger partial charge >= 0.3 is 6.03 Å². The number of urea groups is 1. The van der Waals surface area contributed by atoms with Crippen molar-refractivity contribution in [3.63, 3.8) is 0 Å². The number of hydrogen-bond acceptors (Lipinski definition) is 2. The number of halogens is 2. The molecule has 0 heterocycles. The minimum Gasteiger partial charge on any atom is -0.352 e. The highest BCUT2D eigenvalue weighted by molar-refractivity contribution is 9.10. The van der Waals surface area contributed by atoms with E-state index in [9.17, 15) is 9.59 Å². The maximum atomic E-state index is 12.1. The van der Waals surface area contributed by atoms with Gasteiger partial charge in [-0.25, -0.2) is 4.79 Å². The predicted octanol–water partition coefficient (Wildman–Crippen LogP) is 4.50. The zero-order chi connectivity index (χ0) is 16.8. The summed E-state index contributed by atoms with van der Waals surface area (Å²) in [5.74, 6) is -0.276. The largest absolute Gasteiger partial charge is 0.352 e. The monoisotopic (exact) mass is 395 g/mol. The zero-order valence-corrected chi connectivity index (χ0v) is 14.7. The van der Waals surface area contributed by atoms with Crippen LogP contribution in [0.25, 0.3) is 0 Å². The minimum absolute atomic E-state index is 0.276.